The highest BCUT2D eigenvalue weighted by Crippen LogP contribution is 2.32. The Bertz CT molecular complexity index is 1210. The molecule has 0 N–H and O–H groups in total. The Morgan fingerprint density at radius 3 is 2.45 bits per heavy atom. The molecule has 0 radical (unpaired) electrons. The van der Waals surface area contributed by atoms with Crippen molar-refractivity contribution in [3.8, 4) is 17.3 Å². The summed E-state index contributed by atoms with van der Waals surface area (Å²) in [7, 11) is 1.24. The minimum absolute atomic E-state index is 0.0106. The van der Waals surface area contributed by atoms with Crippen LogP contribution in [0.5, 0.6) is 0 Å². The van der Waals surface area contributed by atoms with Crippen molar-refractivity contribution in [2.75, 3.05) is 7.11 Å². The van der Waals surface area contributed by atoms with Gasteiger partial charge >= 0.3 is 17.8 Å². The second-order valence-corrected chi connectivity index (χ2v) is 6.05. The highest BCUT2D eigenvalue weighted by Gasteiger charge is 2.32. The average molecular weight is 403 g/mol. The second-order valence-electron chi connectivity index (χ2n) is 6.05. The third-order valence-electron chi connectivity index (χ3n) is 4.28. The van der Waals surface area contributed by atoms with Gasteiger partial charge in [0.25, 0.3) is 5.52 Å². The normalized spacial score (nSPS) is 11.3. The first-order valence-corrected chi connectivity index (χ1v) is 8.13. The van der Waals surface area contributed by atoms with Crippen LogP contribution in [0.1, 0.15) is 16.8 Å². The van der Waals surface area contributed by atoms with E-state index >= 15 is 0 Å². The molecule has 148 valence electrons. The van der Waals surface area contributed by atoms with Crippen molar-refractivity contribution in [3.05, 3.63) is 69.4 Å². The van der Waals surface area contributed by atoms with Crippen molar-refractivity contribution in [2.45, 2.75) is 12.6 Å². The molecule has 0 unspecified atom stereocenters. The number of halogens is 3. The lowest BCUT2D eigenvalue weighted by atomic mass is 10.0. The maximum absolute atomic E-state index is 12.9. The van der Waals surface area contributed by atoms with Crippen LogP contribution in [-0.4, -0.2) is 17.8 Å². The molecular formula is C19H12F3N3O4. The van der Waals surface area contributed by atoms with Crippen LogP contribution >= 0.6 is 0 Å². The fraction of sp³-hybridized carbons (Fsp3) is 0.158. The minimum atomic E-state index is -4.71. The van der Waals surface area contributed by atoms with E-state index in [1.165, 1.54) is 31.4 Å². The van der Waals surface area contributed by atoms with Crippen molar-refractivity contribution in [2.24, 2.45) is 0 Å². The Morgan fingerprint density at radius 2 is 1.90 bits per heavy atom. The summed E-state index contributed by atoms with van der Waals surface area (Å²) < 4.78 is 43.6. The first kappa shape index (κ1) is 19.9. The molecule has 0 amide bonds. The Balaban J connectivity index is 2.21. The van der Waals surface area contributed by atoms with Crippen LogP contribution in [0.3, 0.4) is 0 Å². The van der Waals surface area contributed by atoms with Crippen molar-refractivity contribution in [1.82, 2.24) is 4.73 Å². The van der Waals surface area contributed by atoms with Crippen LogP contribution < -0.4 is 4.43 Å². The molecule has 0 saturated heterocycles. The third kappa shape index (κ3) is 3.62. The van der Waals surface area contributed by atoms with Crippen LogP contribution in [0.25, 0.3) is 22.3 Å². The van der Waals surface area contributed by atoms with Gasteiger partial charge in [-0.2, -0.15) is 18.4 Å². The summed E-state index contributed by atoms with van der Waals surface area (Å²) in [6, 6.07) is 9.57. The predicted octanol–water partition coefficient (Wildman–Crippen LogP) is 3.17. The standard InChI is InChI=1S/C19H12F3N3O4/c1-29-17(26)8-11-2-4-12(5-3-11)18-16(10-23)24(27)15-9-13(19(20,21)22)6-7-14(15)25(18)28/h2-7,9H,8H2,1H3. The average Bonchev–Trinajstić information content (AvgIpc) is 2.70. The van der Waals surface area contributed by atoms with E-state index in [2.05, 4.69) is 4.74 Å². The fourth-order valence-corrected chi connectivity index (χ4v) is 2.84. The molecule has 0 bridgehead atoms. The molecule has 0 fully saturated rings. The quantitative estimate of drug-likeness (QED) is 0.494. The number of esters is 1. The van der Waals surface area contributed by atoms with Crippen molar-refractivity contribution < 1.29 is 27.1 Å². The molecule has 0 aliphatic heterocycles. The van der Waals surface area contributed by atoms with Crippen LogP contribution in [-0.2, 0) is 22.1 Å². The van der Waals surface area contributed by atoms with Gasteiger partial charge in [-0.25, -0.2) is 0 Å². The van der Waals surface area contributed by atoms with Gasteiger partial charge in [0.15, 0.2) is 5.69 Å². The third-order valence-corrected chi connectivity index (χ3v) is 4.28. The van der Waals surface area contributed by atoms with Crippen LogP contribution in [0, 0.1) is 21.4 Å². The summed E-state index contributed by atoms with van der Waals surface area (Å²) in [6.45, 7) is 0. The Labute approximate surface area is 161 Å². The SMILES string of the molecule is COC(=O)Cc1ccc(-c2c(C#N)n([O-])c3cc(C(F)(F)F)ccc3[n+]2=O)cc1. The lowest BCUT2D eigenvalue weighted by Gasteiger charge is -2.16. The van der Waals surface area contributed by atoms with E-state index in [-0.39, 0.29) is 32.4 Å². The largest absolute Gasteiger partial charge is 0.804 e. The zero-order valence-corrected chi connectivity index (χ0v) is 14.9. The number of methoxy groups -OCH3 is 1. The number of carbonyl (C=O) groups is 1. The number of nitrogens with zero attached hydrogens (tertiary/aromatic N) is 3. The van der Waals surface area contributed by atoms with E-state index in [0.29, 0.717) is 17.7 Å². The lowest BCUT2D eigenvalue weighted by Crippen LogP contribution is -2.24. The molecule has 0 aliphatic carbocycles. The van der Waals surface area contributed by atoms with E-state index in [1.54, 1.807) is 6.07 Å². The molecule has 10 heteroatoms. The number of alkyl halides is 3. The molecule has 1 aromatic heterocycles. The molecule has 0 spiro atoms. The van der Waals surface area contributed by atoms with Crippen LogP contribution in [0.2, 0.25) is 0 Å². The van der Waals surface area contributed by atoms with Gasteiger partial charge in [0.2, 0.25) is 0 Å². The number of nitriles is 1. The molecule has 1 heterocycles. The van der Waals surface area contributed by atoms with Gasteiger partial charge in [-0.1, -0.05) is 12.1 Å². The minimum Gasteiger partial charge on any atom is -0.804 e. The van der Waals surface area contributed by atoms with Crippen molar-refractivity contribution in [3.63, 3.8) is 0 Å². The molecule has 0 saturated carbocycles. The molecular weight excluding hydrogens is 391 g/mol. The van der Waals surface area contributed by atoms with E-state index in [4.69, 9.17) is 0 Å². The monoisotopic (exact) mass is 403 g/mol. The number of fused-ring (bicyclic) bond motifs is 1. The second kappa shape index (κ2) is 7.27. The van der Waals surface area contributed by atoms with Crippen LogP contribution in [0.4, 0.5) is 13.2 Å². The summed E-state index contributed by atoms with van der Waals surface area (Å²) in [5.41, 5.74) is -2.19. The Kier molecular flexibility index (Phi) is 4.99. The smallest absolute Gasteiger partial charge is 0.416 e. The Morgan fingerprint density at radius 1 is 1.24 bits per heavy atom. The number of aromatic nitrogens is 2. The van der Waals surface area contributed by atoms with Gasteiger partial charge < -0.3 is 14.7 Å². The number of rotatable bonds is 3. The zero-order chi connectivity index (χ0) is 21.3. The number of carbonyl (C=O) groups excluding carboxylic acids is 1. The maximum atomic E-state index is 12.9. The number of benzene rings is 2. The highest BCUT2D eigenvalue weighted by molar-refractivity contribution is 5.78. The van der Waals surface area contributed by atoms with Gasteiger partial charge in [-0.3, -0.25) is 4.79 Å². The molecule has 7 nitrogen and oxygen atoms in total. The van der Waals surface area contributed by atoms with E-state index in [0.717, 1.165) is 6.07 Å². The van der Waals surface area contributed by atoms with Gasteiger partial charge in [0.05, 0.1) is 29.1 Å². The van der Waals surface area contributed by atoms with E-state index < -0.39 is 28.9 Å². The first-order valence-electron chi connectivity index (χ1n) is 8.13. The van der Waals surface area contributed by atoms with Gasteiger partial charge in [-0.15, -0.1) is 0 Å². The number of hydrogen-bond donors (Lipinski definition) is 0. The summed E-state index contributed by atoms with van der Waals surface area (Å²) >= 11 is 0. The van der Waals surface area contributed by atoms with Gasteiger partial charge in [0.1, 0.15) is 11.6 Å². The van der Waals surface area contributed by atoms with Gasteiger partial charge in [-0.05, 0) is 29.8 Å². The summed E-state index contributed by atoms with van der Waals surface area (Å²) in [5, 5.41) is 21.9. The van der Waals surface area contributed by atoms with E-state index in [9.17, 15) is 33.3 Å². The maximum Gasteiger partial charge on any atom is 0.416 e. The van der Waals surface area contributed by atoms with Gasteiger partial charge in [0, 0.05) is 11.0 Å². The fourth-order valence-electron chi connectivity index (χ4n) is 2.84. The topological polar surface area (TPSA) is 101 Å². The molecule has 0 atom stereocenters. The van der Waals surface area contributed by atoms with Crippen molar-refractivity contribution in [1.29, 1.82) is 5.26 Å². The Hall–Kier alpha value is -3.87. The molecule has 3 aromatic rings. The van der Waals surface area contributed by atoms with E-state index in [1.807, 2.05) is 0 Å². The summed E-state index contributed by atoms with van der Waals surface area (Å²) in [4.78, 5) is 24.1. The predicted molar refractivity (Wildman–Crippen MR) is 94.9 cm³/mol. The molecule has 0 aliphatic rings. The number of ether oxygens (including phenoxy) is 1. The molecule has 3 rings (SSSR count). The van der Waals surface area contributed by atoms with Crippen molar-refractivity contribution >= 4 is 17.0 Å². The summed E-state index contributed by atoms with van der Waals surface area (Å²) in [6.07, 6.45) is -4.73. The molecule has 2 aromatic carbocycles. The molecule has 29 heavy (non-hydrogen) atoms. The van der Waals surface area contributed by atoms with Crippen LogP contribution in [0.15, 0.2) is 42.5 Å². The summed E-state index contributed by atoms with van der Waals surface area (Å²) in [5.74, 6) is -0.474. The lowest BCUT2D eigenvalue weighted by molar-refractivity contribution is -0.452. The highest BCUT2D eigenvalue weighted by atomic mass is 19.4. The number of hydrogen-bond acceptors (Lipinski definition) is 5. The zero-order valence-electron chi connectivity index (χ0n) is 14.9. The first-order chi connectivity index (χ1) is 13.7.